The molecule has 0 radical (unpaired) electrons. The quantitative estimate of drug-likeness (QED) is 0.845. The number of nitrogens with one attached hydrogen (secondary N) is 1. The van der Waals surface area contributed by atoms with Gasteiger partial charge in [0.05, 0.1) is 18.1 Å². The maximum absolute atomic E-state index is 12.7. The van der Waals surface area contributed by atoms with Crippen molar-refractivity contribution in [1.29, 1.82) is 0 Å². The second kappa shape index (κ2) is 7.90. The Balaban J connectivity index is 2.16. The van der Waals surface area contributed by atoms with Crippen molar-refractivity contribution >= 4 is 15.9 Å². The van der Waals surface area contributed by atoms with E-state index in [0.717, 1.165) is 0 Å². The third-order valence-electron chi connectivity index (χ3n) is 3.68. The highest BCUT2D eigenvalue weighted by Gasteiger charge is 2.30. The highest BCUT2D eigenvalue weighted by molar-refractivity contribution is 7.89. The minimum absolute atomic E-state index is 0.170. The lowest BCUT2D eigenvalue weighted by atomic mass is 10.0. The van der Waals surface area contributed by atoms with Gasteiger partial charge in [-0.2, -0.15) is 4.72 Å². The van der Waals surface area contributed by atoms with Crippen molar-refractivity contribution in [3.63, 3.8) is 0 Å². The highest BCUT2D eigenvalue weighted by atomic mass is 32.2. The molecule has 0 saturated carbocycles. The first-order chi connectivity index (χ1) is 10.9. The molecule has 23 heavy (non-hydrogen) atoms. The number of sulfonamides is 1. The van der Waals surface area contributed by atoms with Crippen molar-refractivity contribution in [1.82, 2.24) is 9.62 Å². The van der Waals surface area contributed by atoms with Crippen LogP contribution in [0.4, 0.5) is 0 Å². The van der Waals surface area contributed by atoms with E-state index in [0.29, 0.717) is 32.7 Å². The van der Waals surface area contributed by atoms with Gasteiger partial charge in [0, 0.05) is 13.1 Å². The van der Waals surface area contributed by atoms with Crippen LogP contribution in [0.25, 0.3) is 0 Å². The van der Waals surface area contributed by atoms with E-state index in [9.17, 15) is 13.2 Å². The Kier molecular flexibility index (Phi) is 6.15. The number of carbonyl (C=O) groups is 1. The fourth-order valence-corrected chi connectivity index (χ4v) is 3.75. The second-order valence-electron chi connectivity index (χ2n) is 6.05. The molecule has 0 spiro atoms. The summed E-state index contributed by atoms with van der Waals surface area (Å²) < 4.78 is 32.8. The number of nitrogens with zero attached hydrogens (tertiary/aromatic N) is 1. The Morgan fingerprint density at radius 1 is 1.22 bits per heavy atom. The maximum atomic E-state index is 12.7. The van der Waals surface area contributed by atoms with Gasteiger partial charge in [0.25, 0.3) is 0 Å². The van der Waals surface area contributed by atoms with Crippen LogP contribution in [-0.2, 0) is 19.6 Å². The summed E-state index contributed by atoms with van der Waals surface area (Å²) >= 11 is 0. The number of hydrogen-bond acceptors (Lipinski definition) is 4. The predicted molar refractivity (Wildman–Crippen MR) is 87.4 cm³/mol. The minimum atomic E-state index is -3.72. The fourth-order valence-electron chi connectivity index (χ4n) is 2.53. The lowest BCUT2D eigenvalue weighted by Gasteiger charge is -2.31. The summed E-state index contributed by atoms with van der Waals surface area (Å²) in [5.74, 6) is 0.0185. The maximum Gasteiger partial charge on any atom is 0.241 e. The van der Waals surface area contributed by atoms with Crippen LogP contribution in [0.5, 0.6) is 0 Å². The number of carbonyl (C=O) groups excluding carboxylic acids is 1. The van der Waals surface area contributed by atoms with Gasteiger partial charge in [0.15, 0.2) is 0 Å². The van der Waals surface area contributed by atoms with Gasteiger partial charge in [-0.15, -0.1) is 0 Å². The number of rotatable bonds is 6. The zero-order valence-corrected chi connectivity index (χ0v) is 14.4. The largest absolute Gasteiger partial charge is 0.378 e. The second-order valence-corrected chi connectivity index (χ2v) is 7.77. The number of morpholine rings is 1. The van der Waals surface area contributed by atoms with E-state index >= 15 is 0 Å². The lowest BCUT2D eigenvalue weighted by Crippen LogP contribution is -2.52. The van der Waals surface area contributed by atoms with Gasteiger partial charge < -0.3 is 9.64 Å². The van der Waals surface area contributed by atoms with Gasteiger partial charge in [-0.25, -0.2) is 8.42 Å². The molecule has 1 saturated heterocycles. The molecule has 1 unspecified atom stereocenters. The van der Waals surface area contributed by atoms with Crippen LogP contribution < -0.4 is 4.72 Å². The van der Waals surface area contributed by atoms with Gasteiger partial charge in [0.2, 0.25) is 15.9 Å². The molecule has 7 heteroatoms. The number of benzene rings is 1. The lowest BCUT2D eigenvalue weighted by molar-refractivity contribution is -0.137. The van der Waals surface area contributed by atoms with Gasteiger partial charge in [-0.1, -0.05) is 32.0 Å². The summed E-state index contributed by atoms with van der Waals surface area (Å²) in [4.78, 5) is 14.5. The molecule has 1 fully saturated rings. The monoisotopic (exact) mass is 340 g/mol. The van der Waals surface area contributed by atoms with E-state index in [-0.39, 0.29) is 16.7 Å². The molecule has 1 aromatic rings. The normalized spacial score (nSPS) is 17.3. The average molecular weight is 340 g/mol. The zero-order valence-electron chi connectivity index (χ0n) is 13.6. The first kappa shape index (κ1) is 17.9. The van der Waals surface area contributed by atoms with E-state index in [1.807, 2.05) is 13.8 Å². The molecule has 1 aliphatic rings. The van der Waals surface area contributed by atoms with Crippen LogP contribution in [0, 0.1) is 5.92 Å². The molecule has 0 aromatic heterocycles. The SMILES string of the molecule is CC(C)CC(NS(=O)(=O)c1ccccc1)C(=O)N1CCOCC1. The zero-order chi connectivity index (χ0) is 16.9. The van der Waals surface area contributed by atoms with Crippen molar-refractivity contribution in [3.8, 4) is 0 Å². The third-order valence-corrected chi connectivity index (χ3v) is 5.17. The number of ether oxygens (including phenoxy) is 1. The van der Waals surface area contributed by atoms with Crippen molar-refractivity contribution in [2.75, 3.05) is 26.3 Å². The molecule has 1 aromatic carbocycles. The summed E-state index contributed by atoms with van der Waals surface area (Å²) in [7, 11) is -3.72. The van der Waals surface area contributed by atoms with Crippen molar-refractivity contribution < 1.29 is 17.9 Å². The van der Waals surface area contributed by atoms with E-state index in [1.54, 1.807) is 23.1 Å². The van der Waals surface area contributed by atoms with Crippen molar-refractivity contribution in [2.45, 2.75) is 31.2 Å². The molecule has 0 bridgehead atoms. The summed E-state index contributed by atoms with van der Waals surface area (Å²) in [6.07, 6.45) is 0.461. The van der Waals surface area contributed by atoms with Crippen molar-refractivity contribution in [2.24, 2.45) is 5.92 Å². The van der Waals surface area contributed by atoms with Gasteiger partial charge in [0.1, 0.15) is 6.04 Å². The molecular weight excluding hydrogens is 316 g/mol. The Morgan fingerprint density at radius 2 is 1.83 bits per heavy atom. The molecule has 128 valence electrons. The number of hydrogen-bond donors (Lipinski definition) is 1. The van der Waals surface area contributed by atoms with Gasteiger partial charge in [-0.05, 0) is 24.5 Å². The van der Waals surface area contributed by atoms with Gasteiger partial charge in [-0.3, -0.25) is 4.79 Å². The first-order valence-electron chi connectivity index (χ1n) is 7.84. The molecule has 0 aliphatic carbocycles. The van der Waals surface area contributed by atoms with E-state index in [4.69, 9.17) is 4.74 Å². The van der Waals surface area contributed by atoms with Crippen LogP contribution in [0.1, 0.15) is 20.3 Å². The van der Waals surface area contributed by atoms with E-state index in [1.165, 1.54) is 12.1 Å². The Hall–Kier alpha value is -1.44. The molecule has 2 rings (SSSR count). The predicted octanol–water partition coefficient (Wildman–Crippen LogP) is 1.24. The van der Waals surface area contributed by atoms with Crippen LogP contribution >= 0.6 is 0 Å². The summed E-state index contributed by atoms with van der Waals surface area (Å²) in [6.45, 7) is 5.92. The molecule has 1 N–H and O–H groups in total. The molecule has 6 nitrogen and oxygen atoms in total. The minimum Gasteiger partial charge on any atom is -0.378 e. The molecule has 1 atom stereocenters. The molecule has 1 amide bonds. The average Bonchev–Trinajstić information content (AvgIpc) is 2.54. The highest BCUT2D eigenvalue weighted by Crippen LogP contribution is 2.14. The summed E-state index contributed by atoms with van der Waals surface area (Å²) in [5, 5.41) is 0. The molecular formula is C16H24N2O4S. The number of amides is 1. The standard InChI is InChI=1S/C16H24N2O4S/c1-13(2)12-15(16(19)18-8-10-22-11-9-18)17-23(20,21)14-6-4-3-5-7-14/h3-7,13,15,17H,8-12H2,1-2H3. The Morgan fingerprint density at radius 3 is 2.39 bits per heavy atom. The van der Waals surface area contributed by atoms with Crippen LogP contribution in [0.15, 0.2) is 35.2 Å². The summed E-state index contributed by atoms with van der Waals surface area (Å²) in [5.41, 5.74) is 0. The Labute approximate surface area is 137 Å². The third kappa shape index (κ3) is 5.02. The topological polar surface area (TPSA) is 75.7 Å². The van der Waals surface area contributed by atoms with Crippen LogP contribution in [0.3, 0.4) is 0 Å². The first-order valence-corrected chi connectivity index (χ1v) is 9.32. The van der Waals surface area contributed by atoms with Gasteiger partial charge >= 0.3 is 0 Å². The smallest absolute Gasteiger partial charge is 0.241 e. The Bertz CT molecular complexity index is 610. The van der Waals surface area contributed by atoms with E-state index < -0.39 is 16.1 Å². The van der Waals surface area contributed by atoms with Crippen molar-refractivity contribution in [3.05, 3.63) is 30.3 Å². The molecule has 1 aliphatic heterocycles. The van der Waals surface area contributed by atoms with Crippen LogP contribution in [0.2, 0.25) is 0 Å². The van der Waals surface area contributed by atoms with E-state index in [2.05, 4.69) is 4.72 Å². The fraction of sp³-hybridized carbons (Fsp3) is 0.562. The summed E-state index contributed by atoms with van der Waals surface area (Å²) in [6, 6.07) is 7.37. The van der Waals surface area contributed by atoms with Crippen LogP contribution in [-0.4, -0.2) is 51.6 Å². The molecule has 1 heterocycles.